The van der Waals surface area contributed by atoms with Crippen LogP contribution in [-0.4, -0.2) is 15.8 Å². The number of aryl methyl sites for hydroxylation is 2. The highest BCUT2D eigenvalue weighted by Crippen LogP contribution is 2.21. The quantitative estimate of drug-likeness (QED) is 0.913. The molecule has 19 heavy (non-hydrogen) atoms. The van der Waals surface area contributed by atoms with Crippen LogP contribution in [0.1, 0.15) is 40.6 Å². The molecule has 2 rings (SSSR count). The average Bonchev–Trinajstić information content (AvgIpc) is 2.90. The predicted molar refractivity (Wildman–Crippen MR) is 81.9 cm³/mol. The van der Waals surface area contributed by atoms with Crippen LogP contribution in [0, 0.1) is 13.8 Å². The summed E-state index contributed by atoms with van der Waals surface area (Å²) in [7, 11) is 0. The van der Waals surface area contributed by atoms with Crippen molar-refractivity contribution >= 4 is 11.3 Å². The molecule has 3 nitrogen and oxygen atoms in total. The molecular weight excluding hydrogens is 254 g/mol. The van der Waals surface area contributed by atoms with Gasteiger partial charge in [0.05, 0.1) is 12.2 Å². The lowest BCUT2D eigenvalue weighted by molar-refractivity contribution is 0.662. The summed E-state index contributed by atoms with van der Waals surface area (Å²) >= 11 is 1.88. The predicted octanol–water partition coefficient (Wildman–Crippen LogP) is 3.06. The largest absolute Gasteiger partial charge is 0.328 e. The minimum Gasteiger partial charge on any atom is -0.328 e. The Morgan fingerprint density at radius 1 is 1.32 bits per heavy atom. The number of rotatable bonds is 5. The van der Waals surface area contributed by atoms with Crippen LogP contribution in [0.3, 0.4) is 0 Å². The second kappa shape index (κ2) is 5.88. The Morgan fingerprint density at radius 3 is 2.58 bits per heavy atom. The molecule has 104 valence electrons. The molecule has 0 bridgehead atoms. The molecule has 0 saturated heterocycles. The normalized spacial score (nSPS) is 12.9. The molecule has 0 aliphatic carbocycles. The van der Waals surface area contributed by atoms with E-state index < -0.39 is 0 Å². The molecule has 0 aliphatic rings. The van der Waals surface area contributed by atoms with Gasteiger partial charge in [-0.3, -0.25) is 4.68 Å². The summed E-state index contributed by atoms with van der Waals surface area (Å²) in [4.78, 5) is 2.81. The molecule has 2 heterocycles. The summed E-state index contributed by atoms with van der Waals surface area (Å²) in [5.41, 5.74) is 9.58. The van der Waals surface area contributed by atoms with E-state index in [0.29, 0.717) is 0 Å². The number of nitrogens with two attached hydrogens (primary N) is 1. The second-order valence-electron chi connectivity index (χ2n) is 5.21. The third-order valence-electron chi connectivity index (χ3n) is 3.43. The van der Waals surface area contributed by atoms with Crippen LogP contribution in [0.4, 0.5) is 0 Å². The highest BCUT2D eigenvalue weighted by atomic mass is 32.1. The molecule has 1 unspecified atom stereocenters. The maximum Gasteiger partial charge on any atom is 0.0755 e. The van der Waals surface area contributed by atoms with E-state index in [4.69, 9.17) is 5.73 Å². The van der Waals surface area contributed by atoms with Crippen molar-refractivity contribution in [2.45, 2.75) is 53.1 Å². The van der Waals surface area contributed by atoms with Crippen molar-refractivity contribution in [3.05, 3.63) is 38.8 Å². The van der Waals surface area contributed by atoms with Gasteiger partial charge >= 0.3 is 0 Å². The van der Waals surface area contributed by atoms with Crippen LogP contribution in [-0.2, 0) is 19.4 Å². The van der Waals surface area contributed by atoms with Crippen LogP contribution >= 0.6 is 11.3 Å². The fourth-order valence-corrected chi connectivity index (χ4v) is 3.29. The van der Waals surface area contributed by atoms with Gasteiger partial charge in [-0.25, -0.2) is 0 Å². The van der Waals surface area contributed by atoms with E-state index in [-0.39, 0.29) is 6.04 Å². The first-order valence-corrected chi connectivity index (χ1v) is 7.69. The van der Waals surface area contributed by atoms with Gasteiger partial charge in [-0.2, -0.15) is 5.10 Å². The monoisotopic (exact) mass is 277 g/mol. The van der Waals surface area contributed by atoms with Gasteiger partial charge < -0.3 is 5.73 Å². The lowest BCUT2D eigenvalue weighted by Crippen LogP contribution is -2.18. The fraction of sp³-hybridized carbons (Fsp3) is 0.533. The minimum atomic E-state index is 0.184. The maximum atomic E-state index is 5.91. The first kappa shape index (κ1) is 14.3. The van der Waals surface area contributed by atoms with Gasteiger partial charge in [0.25, 0.3) is 0 Å². The van der Waals surface area contributed by atoms with E-state index in [1.807, 2.05) is 18.3 Å². The zero-order valence-corrected chi connectivity index (χ0v) is 13.0. The smallest absolute Gasteiger partial charge is 0.0755 e. The van der Waals surface area contributed by atoms with Gasteiger partial charge in [0.1, 0.15) is 0 Å². The van der Waals surface area contributed by atoms with Gasteiger partial charge in [-0.1, -0.05) is 6.92 Å². The van der Waals surface area contributed by atoms with E-state index in [1.165, 1.54) is 21.0 Å². The van der Waals surface area contributed by atoms with Crippen molar-refractivity contribution in [2.24, 2.45) is 5.73 Å². The highest BCUT2D eigenvalue weighted by molar-refractivity contribution is 7.11. The van der Waals surface area contributed by atoms with Crippen molar-refractivity contribution < 1.29 is 0 Å². The van der Waals surface area contributed by atoms with Gasteiger partial charge in [0, 0.05) is 21.5 Å². The van der Waals surface area contributed by atoms with Crippen molar-refractivity contribution in [2.75, 3.05) is 0 Å². The summed E-state index contributed by atoms with van der Waals surface area (Å²) in [6.07, 6.45) is 2.01. The first-order chi connectivity index (χ1) is 9.01. The van der Waals surface area contributed by atoms with Crippen molar-refractivity contribution in [1.82, 2.24) is 9.78 Å². The number of thiophene rings is 1. The van der Waals surface area contributed by atoms with Crippen molar-refractivity contribution in [3.63, 3.8) is 0 Å². The van der Waals surface area contributed by atoms with E-state index in [2.05, 4.69) is 42.7 Å². The first-order valence-electron chi connectivity index (χ1n) is 6.87. The number of hydrogen-bond acceptors (Lipinski definition) is 3. The topological polar surface area (TPSA) is 43.8 Å². The molecule has 0 spiro atoms. The van der Waals surface area contributed by atoms with Crippen molar-refractivity contribution in [1.29, 1.82) is 0 Å². The molecule has 2 aromatic rings. The summed E-state index contributed by atoms with van der Waals surface area (Å²) in [6.45, 7) is 9.33. The molecule has 0 fully saturated rings. The summed E-state index contributed by atoms with van der Waals surface area (Å²) < 4.78 is 2.11. The fourth-order valence-electron chi connectivity index (χ4n) is 2.35. The summed E-state index contributed by atoms with van der Waals surface area (Å²) in [5, 5.41) is 4.66. The molecule has 2 aromatic heterocycles. The van der Waals surface area contributed by atoms with E-state index in [9.17, 15) is 0 Å². The molecule has 0 amide bonds. The van der Waals surface area contributed by atoms with Crippen LogP contribution in [0.25, 0.3) is 0 Å². The average molecular weight is 277 g/mol. The van der Waals surface area contributed by atoms with Crippen LogP contribution in [0.2, 0.25) is 0 Å². The molecule has 0 aliphatic heterocycles. The standard InChI is InChI=1S/C15H23N3S/c1-5-13-6-7-14(19-13)9-18-12(4)15(8-10(2)16)11(3)17-18/h6-7,10H,5,8-9,16H2,1-4H3. The van der Waals surface area contributed by atoms with Crippen LogP contribution in [0.15, 0.2) is 12.1 Å². The molecule has 2 N–H and O–H groups in total. The number of hydrogen-bond donors (Lipinski definition) is 1. The molecule has 4 heteroatoms. The Bertz CT molecular complexity index is 552. The Kier molecular flexibility index (Phi) is 4.42. The molecule has 0 radical (unpaired) electrons. The molecule has 0 saturated carbocycles. The highest BCUT2D eigenvalue weighted by Gasteiger charge is 2.13. The Hall–Kier alpha value is -1.13. The van der Waals surface area contributed by atoms with Gasteiger partial charge in [-0.05, 0) is 51.3 Å². The number of nitrogens with zero attached hydrogens (tertiary/aromatic N) is 2. The van der Waals surface area contributed by atoms with Gasteiger partial charge in [-0.15, -0.1) is 11.3 Å². The summed E-state index contributed by atoms with van der Waals surface area (Å²) in [6, 6.07) is 4.61. The van der Waals surface area contributed by atoms with E-state index in [0.717, 1.165) is 25.1 Å². The Balaban J connectivity index is 2.21. The molecular formula is C15H23N3S. The van der Waals surface area contributed by atoms with Crippen LogP contribution in [0.5, 0.6) is 0 Å². The third-order valence-corrected chi connectivity index (χ3v) is 4.64. The zero-order valence-electron chi connectivity index (χ0n) is 12.2. The SMILES string of the molecule is CCc1ccc(Cn2nc(C)c(CC(C)N)c2C)s1. The van der Waals surface area contributed by atoms with Gasteiger partial charge in [0.2, 0.25) is 0 Å². The second-order valence-corrected chi connectivity index (χ2v) is 6.46. The Labute approximate surface area is 119 Å². The van der Waals surface area contributed by atoms with Crippen LogP contribution < -0.4 is 5.73 Å². The Morgan fingerprint density at radius 2 is 2.00 bits per heavy atom. The van der Waals surface area contributed by atoms with Gasteiger partial charge in [0.15, 0.2) is 0 Å². The summed E-state index contributed by atoms with van der Waals surface area (Å²) in [5.74, 6) is 0. The number of aromatic nitrogens is 2. The van der Waals surface area contributed by atoms with Crippen molar-refractivity contribution in [3.8, 4) is 0 Å². The zero-order chi connectivity index (χ0) is 14.0. The van der Waals surface area contributed by atoms with E-state index >= 15 is 0 Å². The minimum absolute atomic E-state index is 0.184. The lowest BCUT2D eigenvalue weighted by atomic mass is 10.1. The third kappa shape index (κ3) is 3.25. The lowest BCUT2D eigenvalue weighted by Gasteiger charge is -2.06. The maximum absolute atomic E-state index is 5.91. The molecule has 0 aromatic carbocycles. The molecule has 1 atom stereocenters. The van der Waals surface area contributed by atoms with E-state index in [1.54, 1.807) is 0 Å².